The summed E-state index contributed by atoms with van der Waals surface area (Å²) in [6.45, 7) is 6.75. The molecule has 0 radical (unpaired) electrons. The SMILES string of the molecule is CCn1c(-c2cc(C)ccc2C)ccc(CCl)c1=O. The van der Waals surface area contributed by atoms with Crippen LogP contribution >= 0.6 is 11.6 Å². The fourth-order valence-corrected chi connectivity index (χ4v) is 2.49. The van der Waals surface area contributed by atoms with Crippen LogP contribution < -0.4 is 5.56 Å². The standard InChI is InChI=1S/C16H18ClNO/c1-4-18-15(8-7-13(10-17)16(18)19)14-9-11(2)5-6-12(14)3/h5-9H,4,10H2,1-3H3. The fourth-order valence-electron chi connectivity index (χ4n) is 2.29. The Balaban J connectivity index is 2.72. The van der Waals surface area contributed by atoms with Gasteiger partial charge in [0.2, 0.25) is 0 Å². The van der Waals surface area contributed by atoms with E-state index in [1.165, 1.54) is 11.1 Å². The Bertz CT molecular complexity index is 658. The molecule has 0 aliphatic heterocycles. The van der Waals surface area contributed by atoms with Gasteiger partial charge in [0.05, 0.1) is 11.6 Å². The summed E-state index contributed by atoms with van der Waals surface area (Å²) in [6.07, 6.45) is 0. The van der Waals surface area contributed by atoms with Crippen LogP contribution in [0.4, 0.5) is 0 Å². The first-order chi connectivity index (χ1) is 9.08. The van der Waals surface area contributed by atoms with Crippen LogP contribution in [0, 0.1) is 13.8 Å². The lowest BCUT2D eigenvalue weighted by Crippen LogP contribution is -2.23. The number of nitrogens with zero attached hydrogens (tertiary/aromatic N) is 1. The topological polar surface area (TPSA) is 22.0 Å². The van der Waals surface area contributed by atoms with Gasteiger partial charge < -0.3 is 4.57 Å². The molecule has 0 spiro atoms. The first-order valence-electron chi connectivity index (χ1n) is 6.44. The second-order valence-corrected chi connectivity index (χ2v) is 5.01. The first-order valence-corrected chi connectivity index (χ1v) is 6.98. The van der Waals surface area contributed by atoms with Crippen molar-refractivity contribution in [2.45, 2.75) is 33.2 Å². The fraction of sp³-hybridized carbons (Fsp3) is 0.312. The molecule has 1 aromatic carbocycles. The molecule has 0 saturated heterocycles. The number of benzene rings is 1. The van der Waals surface area contributed by atoms with Gasteiger partial charge in [-0.25, -0.2) is 0 Å². The number of alkyl halides is 1. The van der Waals surface area contributed by atoms with E-state index in [0.29, 0.717) is 12.1 Å². The predicted octanol–water partition coefficient (Wildman–Crippen LogP) is 3.89. The number of rotatable bonds is 3. The van der Waals surface area contributed by atoms with Gasteiger partial charge in [-0.2, -0.15) is 0 Å². The van der Waals surface area contributed by atoms with Crippen molar-refractivity contribution in [1.82, 2.24) is 4.57 Å². The van der Waals surface area contributed by atoms with E-state index in [1.807, 2.05) is 19.1 Å². The third kappa shape index (κ3) is 2.59. The molecule has 0 atom stereocenters. The van der Waals surface area contributed by atoms with Crippen LogP contribution in [0.5, 0.6) is 0 Å². The van der Waals surface area contributed by atoms with Gasteiger partial charge in [-0.3, -0.25) is 4.79 Å². The Morgan fingerprint density at radius 2 is 1.89 bits per heavy atom. The van der Waals surface area contributed by atoms with Crippen molar-refractivity contribution < 1.29 is 0 Å². The maximum Gasteiger partial charge on any atom is 0.255 e. The van der Waals surface area contributed by atoms with E-state index < -0.39 is 0 Å². The highest BCUT2D eigenvalue weighted by Crippen LogP contribution is 2.24. The number of pyridine rings is 1. The average molecular weight is 276 g/mol. The predicted molar refractivity (Wildman–Crippen MR) is 80.8 cm³/mol. The summed E-state index contributed by atoms with van der Waals surface area (Å²) in [5.41, 5.74) is 5.10. The summed E-state index contributed by atoms with van der Waals surface area (Å²) in [5.74, 6) is 0.256. The van der Waals surface area contributed by atoms with Crippen molar-refractivity contribution in [1.29, 1.82) is 0 Å². The van der Waals surface area contributed by atoms with E-state index in [-0.39, 0.29) is 11.4 Å². The Hall–Kier alpha value is -1.54. The summed E-state index contributed by atoms with van der Waals surface area (Å²) in [5, 5.41) is 0. The molecule has 0 bridgehead atoms. The lowest BCUT2D eigenvalue weighted by molar-refractivity contribution is 0.728. The molecule has 19 heavy (non-hydrogen) atoms. The average Bonchev–Trinajstić information content (AvgIpc) is 2.41. The molecule has 0 saturated carbocycles. The van der Waals surface area contributed by atoms with E-state index in [1.54, 1.807) is 4.57 Å². The van der Waals surface area contributed by atoms with Gasteiger partial charge in [0.1, 0.15) is 0 Å². The van der Waals surface area contributed by atoms with Crippen LogP contribution in [0.25, 0.3) is 11.3 Å². The van der Waals surface area contributed by atoms with E-state index in [4.69, 9.17) is 11.6 Å². The molecular formula is C16H18ClNO. The maximum absolute atomic E-state index is 12.3. The highest BCUT2D eigenvalue weighted by molar-refractivity contribution is 6.17. The Morgan fingerprint density at radius 1 is 1.16 bits per heavy atom. The Labute approximate surface area is 118 Å². The van der Waals surface area contributed by atoms with E-state index in [0.717, 1.165) is 11.3 Å². The molecule has 1 heterocycles. The van der Waals surface area contributed by atoms with Gasteiger partial charge in [0.25, 0.3) is 5.56 Å². The van der Waals surface area contributed by atoms with Crippen molar-refractivity contribution in [3.8, 4) is 11.3 Å². The molecule has 2 aromatic rings. The maximum atomic E-state index is 12.3. The Kier molecular flexibility index (Phi) is 4.11. The molecule has 2 nitrogen and oxygen atoms in total. The normalized spacial score (nSPS) is 10.7. The van der Waals surface area contributed by atoms with Gasteiger partial charge in [-0.15, -0.1) is 11.6 Å². The molecule has 0 unspecified atom stereocenters. The van der Waals surface area contributed by atoms with E-state index >= 15 is 0 Å². The van der Waals surface area contributed by atoms with Crippen molar-refractivity contribution in [3.05, 3.63) is 57.4 Å². The zero-order chi connectivity index (χ0) is 14.0. The van der Waals surface area contributed by atoms with Gasteiger partial charge in [-0.05, 0) is 38.5 Å². The van der Waals surface area contributed by atoms with E-state index in [2.05, 4.69) is 32.0 Å². The number of aromatic nitrogens is 1. The molecule has 2 rings (SSSR count). The highest BCUT2D eigenvalue weighted by atomic mass is 35.5. The van der Waals surface area contributed by atoms with Gasteiger partial charge in [0, 0.05) is 17.7 Å². The second-order valence-electron chi connectivity index (χ2n) is 4.75. The molecule has 100 valence electrons. The van der Waals surface area contributed by atoms with Crippen LogP contribution in [0.1, 0.15) is 23.6 Å². The number of hydrogen-bond donors (Lipinski definition) is 0. The molecule has 0 fully saturated rings. The minimum absolute atomic E-state index is 0.0101. The van der Waals surface area contributed by atoms with Crippen LogP contribution in [0.3, 0.4) is 0 Å². The van der Waals surface area contributed by atoms with Crippen LogP contribution in [-0.4, -0.2) is 4.57 Å². The third-order valence-electron chi connectivity index (χ3n) is 3.38. The quantitative estimate of drug-likeness (QED) is 0.779. The Morgan fingerprint density at radius 3 is 2.53 bits per heavy atom. The number of aryl methyl sites for hydroxylation is 2. The smallest absolute Gasteiger partial charge is 0.255 e. The summed E-state index contributed by atoms with van der Waals surface area (Å²) < 4.78 is 1.79. The molecular weight excluding hydrogens is 258 g/mol. The monoisotopic (exact) mass is 275 g/mol. The molecule has 3 heteroatoms. The van der Waals surface area contributed by atoms with Crippen molar-refractivity contribution in [2.24, 2.45) is 0 Å². The molecule has 0 aliphatic rings. The molecule has 0 aliphatic carbocycles. The van der Waals surface area contributed by atoms with Crippen molar-refractivity contribution >= 4 is 11.6 Å². The zero-order valence-corrected chi connectivity index (χ0v) is 12.3. The number of hydrogen-bond acceptors (Lipinski definition) is 1. The molecule has 0 N–H and O–H groups in total. The van der Waals surface area contributed by atoms with Crippen LogP contribution in [0.2, 0.25) is 0 Å². The van der Waals surface area contributed by atoms with Gasteiger partial charge in [0.15, 0.2) is 0 Å². The van der Waals surface area contributed by atoms with Crippen molar-refractivity contribution in [3.63, 3.8) is 0 Å². The summed E-state index contributed by atoms with van der Waals surface area (Å²) in [4.78, 5) is 12.3. The van der Waals surface area contributed by atoms with Gasteiger partial charge >= 0.3 is 0 Å². The molecule has 1 aromatic heterocycles. The molecule has 0 amide bonds. The van der Waals surface area contributed by atoms with Crippen LogP contribution in [-0.2, 0) is 12.4 Å². The van der Waals surface area contributed by atoms with Crippen LogP contribution in [0.15, 0.2) is 35.1 Å². The highest BCUT2D eigenvalue weighted by Gasteiger charge is 2.10. The van der Waals surface area contributed by atoms with Gasteiger partial charge in [-0.1, -0.05) is 23.8 Å². The van der Waals surface area contributed by atoms with Crippen molar-refractivity contribution in [2.75, 3.05) is 0 Å². The summed E-state index contributed by atoms with van der Waals surface area (Å²) >= 11 is 5.80. The minimum Gasteiger partial charge on any atom is -0.308 e. The second kappa shape index (κ2) is 5.62. The number of halogens is 1. The summed E-state index contributed by atoms with van der Waals surface area (Å²) in [7, 11) is 0. The first kappa shape index (κ1) is 13.9. The lowest BCUT2D eigenvalue weighted by Gasteiger charge is -2.15. The largest absolute Gasteiger partial charge is 0.308 e. The lowest BCUT2D eigenvalue weighted by atomic mass is 10.0. The minimum atomic E-state index is 0.0101. The van der Waals surface area contributed by atoms with E-state index in [9.17, 15) is 4.79 Å². The zero-order valence-electron chi connectivity index (χ0n) is 11.5. The third-order valence-corrected chi connectivity index (χ3v) is 3.67. The summed E-state index contributed by atoms with van der Waals surface area (Å²) in [6, 6.07) is 10.1.